The van der Waals surface area contributed by atoms with Gasteiger partial charge in [0.1, 0.15) is 0 Å². The first-order valence-corrected chi connectivity index (χ1v) is 7.57. The predicted molar refractivity (Wildman–Crippen MR) is 83.0 cm³/mol. The van der Waals surface area contributed by atoms with Gasteiger partial charge in [-0.1, -0.05) is 18.9 Å². The number of aliphatic hydroxyl groups excluding tert-OH is 1. The molecule has 4 nitrogen and oxygen atoms in total. The van der Waals surface area contributed by atoms with Crippen LogP contribution in [-0.4, -0.2) is 30.8 Å². The molecule has 1 amide bonds. The molecule has 0 bridgehead atoms. The van der Waals surface area contributed by atoms with Crippen molar-refractivity contribution >= 4 is 12.0 Å². The summed E-state index contributed by atoms with van der Waals surface area (Å²) in [5, 5.41) is 12.6. The van der Waals surface area contributed by atoms with Crippen molar-refractivity contribution in [3.8, 4) is 5.75 Å². The quantitative estimate of drug-likeness (QED) is 0.794. The second kappa shape index (κ2) is 7.94. The van der Waals surface area contributed by atoms with Crippen molar-refractivity contribution in [1.29, 1.82) is 0 Å². The van der Waals surface area contributed by atoms with Crippen molar-refractivity contribution in [1.82, 2.24) is 5.32 Å². The number of rotatable bonds is 6. The number of amides is 1. The maximum atomic E-state index is 13.5. The highest BCUT2D eigenvalue weighted by atomic mass is 19.1. The molecule has 2 N–H and O–H groups in total. The van der Waals surface area contributed by atoms with Gasteiger partial charge in [-0.25, -0.2) is 4.39 Å². The zero-order valence-electron chi connectivity index (χ0n) is 12.7. The van der Waals surface area contributed by atoms with E-state index in [1.807, 2.05) is 0 Å². The van der Waals surface area contributed by atoms with Crippen LogP contribution in [0.2, 0.25) is 0 Å². The molecule has 0 aliphatic heterocycles. The Morgan fingerprint density at radius 1 is 1.50 bits per heavy atom. The summed E-state index contributed by atoms with van der Waals surface area (Å²) in [6.07, 6.45) is 6.73. The summed E-state index contributed by atoms with van der Waals surface area (Å²) in [7, 11) is 1.40. The topological polar surface area (TPSA) is 58.6 Å². The van der Waals surface area contributed by atoms with E-state index >= 15 is 0 Å². The Kier molecular flexibility index (Phi) is 5.95. The third-order valence-corrected chi connectivity index (χ3v) is 4.03. The molecule has 1 aliphatic rings. The minimum absolute atomic E-state index is 0.168. The molecule has 2 rings (SSSR count). The highest BCUT2D eigenvalue weighted by Crippen LogP contribution is 2.27. The molecular weight excluding hydrogens is 285 g/mol. The van der Waals surface area contributed by atoms with Gasteiger partial charge in [0.15, 0.2) is 11.6 Å². The third kappa shape index (κ3) is 4.56. The Morgan fingerprint density at radius 3 is 2.86 bits per heavy atom. The monoisotopic (exact) mass is 307 g/mol. The molecule has 22 heavy (non-hydrogen) atoms. The predicted octanol–water partition coefficient (Wildman–Crippen LogP) is 2.51. The second-order valence-electron chi connectivity index (χ2n) is 5.58. The van der Waals surface area contributed by atoms with E-state index in [2.05, 4.69) is 5.32 Å². The van der Waals surface area contributed by atoms with Crippen LogP contribution >= 0.6 is 0 Å². The summed E-state index contributed by atoms with van der Waals surface area (Å²) in [5.74, 6) is -0.309. The number of halogens is 1. The zero-order valence-corrected chi connectivity index (χ0v) is 12.7. The fraction of sp³-hybridized carbons (Fsp3) is 0.471. The molecule has 0 aromatic heterocycles. The molecule has 1 aromatic rings. The summed E-state index contributed by atoms with van der Waals surface area (Å²) < 4.78 is 18.3. The number of methoxy groups -OCH3 is 1. The molecule has 1 fully saturated rings. The molecule has 120 valence electrons. The van der Waals surface area contributed by atoms with Gasteiger partial charge in [0, 0.05) is 12.6 Å². The van der Waals surface area contributed by atoms with E-state index in [4.69, 9.17) is 4.74 Å². The Bertz CT molecular complexity index is 539. The molecule has 0 saturated heterocycles. The van der Waals surface area contributed by atoms with Gasteiger partial charge < -0.3 is 15.2 Å². The average Bonchev–Trinajstić information content (AvgIpc) is 3.05. The van der Waals surface area contributed by atoms with Gasteiger partial charge in [-0.05, 0) is 42.5 Å². The maximum Gasteiger partial charge on any atom is 0.244 e. The molecule has 1 aliphatic carbocycles. The van der Waals surface area contributed by atoms with Crippen molar-refractivity contribution < 1.29 is 19.0 Å². The number of benzene rings is 1. The van der Waals surface area contributed by atoms with Gasteiger partial charge in [0.2, 0.25) is 5.91 Å². The highest BCUT2D eigenvalue weighted by molar-refractivity contribution is 5.91. The van der Waals surface area contributed by atoms with Crippen molar-refractivity contribution in [2.45, 2.75) is 31.8 Å². The Labute approximate surface area is 130 Å². The fourth-order valence-electron chi connectivity index (χ4n) is 2.73. The normalized spacial score (nSPS) is 16.9. The van der Waals surface area contributed by atoms with E-state index in [0.29, 0.717) is 11.5 Å². The van der Waals surface area contributed by atoms with Crippen LogP contribution in [0, 0.1) is 11.7 Å². The van der Waals surface area contributed by atoms with Crippen molar-refractivity contribution in [3.63, 3.8) is 0 Å². The Hall–Kier alpha value is -1.88. The first kappa shape index (κ1) is 16.5. The van der Waals surface area contributed by atoms with Crippen LogP contribution in [0.3, 0.4) is 0 Å². The van der Waals surface area contributed by atoms with Crippen LogP contribution < -0.4 is 10.1 Å². The first-order valence-electron chi connectivity index (χ1n) is 7.57. The van der Waals surface area contributed by atoms with E-state index in [1.54, 1.807) is 6.07 Å². The standard InChI is InChI=1S/C17H22FNO3/c1-22-16-8-6-12(10-14(16)18)7-9-17(21)19-11-15(20)13-4-2-3-5-13/h6-10,13,15,20H,2-5,11H2,1H3,(H,19,21)/b9-7+. The summed E-state index contributed by atoms with van der Waals surface area (Å²) in [4.78, 5) is 11.7. The van der Waals surface area contributed by atoms with E-state index in [9.17, 15) is 14.3 Å². The van der Waals surface area contributed by atoms with Gasteiger partial charge in [0.05, 0.1) is 13.2 Å². The summed E-state index contributed by atoms with van der Waals surface area (Å²) in [6.45, 7) is 0.255. The number of carbonyl (C=O) groups is 1. The van der Waals surface area contributed by atoms with E-state index in [-0.39, 0.29) is 18.2 Å². The first-order chi connectivity index (χ1) is 10.6. The average molecular weight is 307 g/mol. The number of carbonyl (C=O) groups excluding carboxylic acids is 1. The van der Waals surface area contributed by atoms with Crippen LogP contribution in [0.1, 0.15) is 31.2 Å². The van der Waals surface area contributed by atoms with Crippen LogP contribution in [0.5, 0.6) is 5.75 Å². The smallest absolute Gasteiger partial charge is 0.244 e. The van der Waals surface area contributed by atoms with Crippen molar-refractivity contribution in [3.05, 3.63) is 35.7 Å². The lowest BCUT2D eigenvalue weighted by Gasteiger charge is -2.17. The van der Waals surface area contributed by atoms with Gasteiger partial charge in [-0.2, -0.15) is 0 Å². The lowest BCUT2D eigenvalue weighted by molar-refractivity contribution is -0.117. The van der Waals surface area contributed by atoms with Crippen LogP contribution in [0.25, 0.3) is 6.08 Å². The van der Waals surface area contributed by atoms with Crippen LogP contribution in [-0.2, 0) is 4.79 Å². The van der Waals surface area contributed by atoms with Gasteiger partial charge >= 0.3 is 0 Å². The zero-order chi connectivity index (χ0) is 15.9. The minimum atomic E-state index is -0.488. The van der Waals surface area contributed by atoms with E-state index < -0.39 is 11.9 Å². The summed E-state index contributed by atoms with van der Waals surface area (Å²) in [6, 6.07) is 4.48. The van der Waals surface area contributed by atoms with Gasteiger partial charge in [-0.15, -0.1) is 0 Å². The third-order valence-electron chi connectivity index (χ3n) is 4.03. The Balaban J connectivity index is 1.82. The molecule has 1 atom stereocenters. The minimum Gasteiger partial charge on any atom is -0.494 e. The number of nitrogens with one attached hydrogen (secondary N) is 1. The van der Waals surface area contributed by atoms with Crippen molar-refractivity contribution in [2.75, 3.05) is 13.7 Å². The molecule has 0 spiro atoms. The molecular formula is C17H22FNO3. The maximum absolute atomic E-state index is 13.5. The van der Waals surface area contributed by atoms with E-state index in [0.717, 1.165) is 25.7 Å². The number of ether oxygens (including phenoxy) is 1. The van der Waals surface area contributed by atoms with Gasteiger partial charge in [0.25, 0.3) is 0 Å². The number of hydrogen-bond acceptors (Lipinski definition) is 3. The number of hydrogen-bond donors (Lipinski definition) is 2. The van der Waals surface area contributed by atoms with E-state index in [1.165, 1.54) is 31.4 Å². The fourth-order valence-corrected chi connectivity index (χ4v) is 2.73. The molecule has 0 radical (unpaired) electrons. The lowest BCUT2D eigenvalue weighted by atomic mass is 10.0. The second-order valence-corrected chi connectivity index (χ2v) is 5.58. The molecule has 0 heterocycles. The highest BCUT2D eigenvalue weighted by Gasteiger charge is 2.22. The Morgan fingerprint density at radius 2 is 2.23 bits per heavy atom. The molecule has 5 heteroatoms. The lowest BCUT2D eigenvalue weighted by Crippen LogP contribution is -2.34. The van der Waals surface area contributed by atoms with Crippen LogP contribution in [0.4, 0.5) is 4.39 Å². The van der Waals surface area contributed by atoms with Crippen LogP contribution in [0.15, 0.2) is 24.3 Å². The largest absolute Gasteiger partial charge is 0.494 e. The van der Waals surface area contributed by atoms with Gasteiger partial charge in [-0.3, -0.25) is 4.79 Å². The summed E-state index contributed by atoms with van der Waals surface area (Å²) in [5.41, 5.74) is 0.574. The van der Waals surface area contributed by atoms with Crippen molar-refractivity contribution in [2.24, 2.45) is 5.92 Å². The molecule has 1 unspecified atom stereocenters. The summed E-state index contributed by atoms with van der Waals surface area (Å²) >= 11 is 0. The molecule has 1 saturated carbocycles. The number of aliphatic hydroxyl groups is 1. The molecule has 1 aromatic carbocycles. The SMILES string of the molecule is COc1ccc(/C=C/C(=O)NCC(O)C2CCCC2)cc1F.